The quantitative estimate of drug-likeness (QED) is 0.875. The minimum absolute atomic E-state index is 0.0323. The van der Waals surface area contributed by atoms with Gasteiger partial charge in [0.25, 0.3) is 5.91 Å². The molecular weight excluding hydrogens is 242 g/mol. The number of rotatable bonds is 4. The second-order valence-electron chi connectivity index (χ2n) is 4.89. The highest BCUT2D eigenvalue weighted by atomic mass is 16.5. The molecule has 4 nitrogen and oxygen atoms in total. The summed E-state index contributed by atoms with van der Waals surface area (Å²) in [5.41, 5.74) is 0.875. The molecule has 2 rings (SSSR count). The Morgan fingerprint density at radius 3 is 2.79 bits per heavy atom. The summed E-state index contributed by atoms with van der Waals surface area (Å²) in [6, 6.07) is 7.31. The van der Waals surface area contributed by atoms with E-state index in [1.165, 1.54) is 0 Å². The third kappa shape index (κ3) is 3.70. The summed E-state index contributed by atoms with van der Waals surface area (Å²) in [5, 5.41) is 12.6. The van der Waals surface area contributed by atoms with Crippen molar-refractivity contribution in [2.75, 3.05) is 6.54 Å². The largest absolute Gasteiger partial charge is 0.481 e. The molecule has 1 aliphatic heterocycles. The summed E-state index contributed by atoms with van der Waals surface area (Å²) in [6.45, 7) is 2.67. The van der Waals surface area contributed by atoms with Crippen molar-refractivity contribution in [2.45, 2.75) is 44.8 Å². The number of ether oxygens (including phenoxy) is 1. The number of carbonyl (C=O) groups excluding carboxylic acids is 1. The summed E-state index contributed by atoms with van der Waals surface area (Å²) in [7, 11) is 0. The van der Waals surface area contributed by atoms with Crippen LogP contribution in [0.2, 0.25) is 0 Å². The minimum atomic E-state index is -0.435. The average Bonchev–Trinajstić information content (AvgIpc) is 2.64. The molecule has 1 aromatic rings. The van der Waals surface area contributed by atoms with Crippen molar-refractivity contribution in [3.63, 3.8) is 0 Å². The van der Waals surface area contributed by atoms with Gasteiger partial charge in [-0.15, -0.1) is 0 Å². The van der Waals surface area contributed by atoms with Gasteiger partial charge >= 0.3 is 0 Å². The maximum absolute atomic E-state index is 11.8. The van der Waals surface area contributed by atoms with Crippen molar-refractivity contribution in [1.82, 2.24) is 5.32 Å². The van der Waals surface area contributed by atoms with Gasteiger partial charge in [-0.3, -0.25) is 4.79 Å². The molecule has 0 aromatic heterocycles. The highest BCUT2D eigenvalue weighted by molar-refractivity contribution is 5.81. The standard InChI is InChI=1S/C15H21NO3/c1-2-13(17)11-6-8-12(9-7-11)19-14-5-3-4-10-16-15(14)18/h6-9,13-14,17H,2-5,10H2,1H3,(H,16,18)/t13-,14?/m1/s1. The third-order valence-corrected chi connectivity index (χ3v) is 3.41. The Hall–Kier alpha value is -1.55. The molecule has 19 heavy (non-hydrogen) atoms. The van der Waals surface area contributed by atoms with Crippen LogP contribution in [0.1, 0.15) is 44.3 Å². The Morgan fingerprint density at radius 1 is 1.37 bits per heavy atom. The Bertz CT molecular complexity index is 416. The molecule has 0 saturated carbocycles. The Labute approximate surface area is 113 Å². The van der Waals surface area contributed by atoms with Crippen molar-refractivity contribution in [3.05, 3.63) is 29.8 Å². The molecule has 1 fully saturated rings. The first kappa shape index (κ1) is 13.9. The van der Waals surface area contributed by atoms with E-state index in [1.807, 2.05) is 31.2 Å². The van der Waals surface area contributed by atoms with Gasteiger partial charge in [-0.25, -0.2) is 0 Å². The van der Waals surface area contributed by atoms with Crippen LogP contribution in [0.5, 0.6) is 5.75 Å². The zero-order valence-electron chi connectivity index (χ0n) is 11.3. The topological polar surface area (TPSA) is 58.6 Å². The first-order valence-electron chi connectivity index (χ1n) is 6.93. The van der Waals surface area contributed by atoms with Crippen LogP contribution < -0.4 is 10.1 Å². The first-order chi connectivity index (χ1) is 9.20. The lowest BCUT2D eigenvalue weighted by Crippen LogP contribution is -2.36. The number of aliphatic hydroxyl groups excluding tert-OH is 1. The molecule has 2 N–H and O–H groups in total. The summed E-state index contributed by atoms with van der Waals surface area (Å²) >= 11 is 0. The fourth-order valence-electron chi connectivity index (χ4n) is 2.19. The monoisotopic (exact) mass is 263 g/mol. The number of aliphatic hydroxyl groups is 1. The predicted molar refractivity (Wildman–Crippen MR) is 73.0 cm³/mol. The SMILES string of the molecule is CC[C@@H](O)c1ccc(OC2CCCCNC2=O)cc1. The molecule has 0 bridgehead atoms. The molecule has 1 saturated heterocycles. The van der Waals surface area contributed by atoms with Crippen molar-refractivity contribution < 1.29 is 14.6 Å². The summed E-state index contributed by atoms with van der Waals surface area (Å²) in [5.74, 6) is 0.643. The van der Waals surface area contributed by atoms with Crippen LogP contribution in [-0.2, 0) is 4.79 Å². The third-order valence-electron chi connectivity index (χ3n) is 3.41. The summed E-state index contributed by atoms with van der Waals surface area (Å²) < 4.78 is 5.72. The van der Waals surface area contributed by atoms with E-state index in [4.69, 9.17) is 4.74 Å². The summed E-state index contributed by atoms with van der Waals surface area (Å²) in [6.07, 6.45) is 2.61. The van der Waals surface area contributed by atoms with Crippen LogP contribution in [0.15, 0.2) is 24.3 Å². The second kappa shape index (κ2) is 6.57. The number of benzene rings is 1. The molecule has 104 valence electrons. The lowest BCUT2D eigenvalue weighted by atomic mass is 10.1. The highest BCUT2D eigenvalue weighted by Gasteiger charge is 2.22. The van der Waals surface area contributed by atoms with Gasteiger partial charge in [0.05, 0.1) is 6.10 Å². The predicted octanol–water partition coefficient (Wildman–Crippen LogP) is 2.18. The summed E-state index contributed by atoms with van der Waals surface area (Å²) in [4.78, 5) is 11.8. The van der Waals surface area contributed by atoms with E-state index >= 15 is 0 Å². The average molecular weight is 263 g/mol. The van der Waals surface area contributed by atoms with Crippen LogP contribution in [0.4, 0.5) is 0 Å². The molecule has 1 heterocycles. The number of hydrogen-bond acceptors (Lipinski definition) is 3. The van der Waals surface area contributed by atoms with E-state index in [1.54, 1.807) is 0 Å². The number of hydrogen-bond donors (Lipinski definition) is 2. The molecular formula is C15H21NO3. The molecule has 0 aliphatic carbocycles. The van der Waals surface area contributed by atoms with Gasteiger partial charge in [-0.2, -0.15) is 0 Å². The van der Waals surface area contributed by atoms with Gasteiger partial charge in [0.2, 0.25) is 0 Å². The van der Waals surface area contributed by atoms with Crippen LogP contribution >= 0.6 is 0 Å². The Balaban J connectivity index is 2.00. The zero-order chi connectivity index (χ0) is 13.7. The lowest BCUT2D eigenvalue weighted by molar-refractivity contribution is -0.127. The first-order valence-corrected chi connectivity index (χ1v) is 6.93. The van der Waals surface area contributed by atoms with E-state index in [0.29, 0.717) is 12.2 Å². The fraction of sp³-hybridized carbons (Fsp3) is 0.533. The van der Waals surface area contributed by atoms with E-state index in [-0.39, 0.29) is 5.91 Å². The van der Waals surface area contributed by atoms with Gasteiger partial charge in [-0.05, 0) is 43.4 Å². The molecule has 4 heteroatoms. The molecule has 0 radical (unpaired) electrons. The van der Waals surface area contributed by atoms with Crippen LogP contribution in [0.3, 0.4) is 0 Å². The smallest absolute Gasteiger partial charge is 0.261 e. The Kier molecular flexibility index (Phi) is 4.80. The lowest BCUT2D eigenvalue weighted by Gasteiger charge is -2.16. The van der Waals surface area contributed by atoms with Gasteiger partial charge in [-0.1, -0.05) is 19.1 Å². The van der Waals surface area contributed by atoms with E-state index in [2.05, 4.69) is 5.32 Å². The Morgan fingerprint density at radius 2 is 2.11 bits per heavy atom. The molecule has 0 spiro atoms. The van der Waals surface area contributed by atoms with Gasteiger partial charge in [0, 0.05) is 6.54 Å². The van der Waals surface area contributed by atoms with Gasteiger partial charge < -0.3 is 15.2 Å². The maximum Gasteiger partial charge on any atom is 0.261 e. The maximum atomic E-state index is 11.8. The number of nitrogens with one attached hydrogen (secondary N) is 1. The highest BCUT2D eigenvalue weighted by Crippen LogP contribution is 2.21. The van der Waals surface area contributed by atoms with Crippen molar-refractivity contribution >= 4 is 5.91 Å². The van der Waals surface area contributed by atoms with E-state index in [0.717, 1.165) is 31.4 Å². The van der Waals surface area contributed by atoms with Crippen molar-refractivity contribution in [1.29, 1.82) is 0 Å². The van der Waals surface area contributed by atoms with E-state index in [9.17, 15) is 9.90 Å². The normalized spacial score (nSPS) is 21.4. The molecule has 1 aromatic carbocycles. The van der Waals surface area contributed by atoms with Crippen molar-refractivity contribution in [2.24, 2.45) is 0 Å². The second-order valence-corrected chi connectivity index (χ2v) is 4.89. The van der Waals surface area contributed by atoms with Crippen LogP contribution in [-0.4, -0.2) is 23.7 Å². The van der Waals surface area contributed by atoms with Crippen LogP contribution in [0.25, 0.3) is 0 Å². The van der Waals surface area contributed by atoms with Gasteiger partial charge in [0.1, 0.15) is 5.75 Å². The van der Waals surface area contributed by atoms with Crippen molar-refractivity contribution in [3.8, 4) is 5.75 Å². The van der Waals surface area contributed by atoms with E-state index < -0.39 is 12.2 Å². The number of amides is 1. The molecule has 1 amide bonds. The molecule has 1 unspecified atom stereocenters. The molecule has 2 atom stereocenters. The number of carbonyl (C=O) groups is 1. The minimum Gasteiger partial charge on any atom is -0.481 e. The molecule has 1 aliphatic rings. The van der Waals surface area contributed by atoms with Crippen LogP contribution in [0, 0.1) is 0 Å². The fourth-order valence-corrected chi connectivity index (χ4v) is 2.19. The van der Waals surface area contributed by atoms with Gasteiger partial charge in [0.15, 0.2) is 6.10 Å². The zero-order valence-corrected chi connectivity index (χ0v) is 11.3.